The molecule has 0 fully saturated rings. The molecule has 0 bridgehead atoms. The van der Waals surface area contributed by atoms with Crippen molar-refractivity contribution in [2.45, 2.75) is 0 Å². The molecule has 3 rings (SSSR count). The first-order chi connectivity index (χ1) is 9.86. The van der Waals surface area contributed by atoms with Crippen LogP contribution in [0.3, 0.4) is 0 Å². The molecule has 0 atom stereocenters. The van der Waals surface area contributed by atoms with E-state index >= 15 is 0 Å². The van der Waals surface area contributed by atoms with E-state index in [1.54, 1.807) is 0 Å². The molecule has 0 saturated heterocycles. The molecule has 20 heavy (non-hydrogen) atoms. The summed E-state index contributed by atoms with van der Waals surface area (Å²) in [5.41, 5.74) is 6.11. The maximum absolute atomic E-state index is 3.78. The van der Waals surface area contributed by atoms with Gasteiger partial charge in [-0.25, -0.2) is 0 Å². The van der Waals surface area contributed by atoms with Crippen LogP contribution < -0.4 is 0 Å². The third-order valence-electron chi connectivity index (χ3n) is 3.47. The highest BCUT2D eigenvalue weighted by atomic mass is 14.0. The van der Waals surface area contributed by atoms with Gasteiger partial charge < -0.3 is 0 Å². The summed E-state index contributed by atoms with van der Waals surface area (Å²) in [6.07, 6.45) is 1.86. The van der Waals surface area contributed by atoms with Crippen LogP contribution in [0.4, 0.5) is 0 Å². The van der Waals surface area contributed by atoms with Crippen LogP contribution in [-0.2, 0) is 0 Å². The van der Waals surface area contributed by atoms with Crippen LogP contribution in [0.2, 0.25) is 0 Å². The molecule has 0 heterocycles. The van der Waals surface area contributed by atoms with Crippen molar-refractivity contribution in [1.82, 2.24) is 0 Å². The molecule has 96 valence electrons. The highest BCUT2D eigenvalue weighted by Crippen LogP contribution is 2.25. The van der Waals surface area contributed by atoms with Crippen molar-refractivity contribution < 1.29 is 0 Å². The monoisotopic (exact) mass is 256 g/mol. The molecule has 0 aliphatic rings. The molecule has 0 nitrogen and oxygen atoms in total. The minimum absolute atomic E-state index is 1.15. The van der Waals surface area contributed by atoms with E-state index in [1.807, 2.05) is 12.1 Å². The van der Waals surface area contributed by atoms with Crippen molar-refractivity contribution in [1.29, 1.82) is 0 Å². The first-order valence-electron chi connectivity index (χ1n) is 6.75. The molecular weight excluding hydrogens is 240 g/mol. The topological polar surface area (TPSA) is 0 Å². The predicted molar refractivity (Wildman–Crippen MR) is 87.4 cm³/mol. The van der Waals surface area contributed by atoms with Gasteiger partial charge in [-0.3, -0.25) is 0 Å². The number of benzene rings is 3. The van der Waals surface area contributed by atoms with Gasteiger partial charge in [0.15, 0.2) is 0 Å². The molecular formula is C20H16. The normalized spacial score (nSPS) is 10.2. The second-order valence-corrected chi connectivity index (χ2v) is 4.77. The molecule has 0 unspecified atom stereocenters. The molecule has 0 aromatic heterocycles. The molecule has 0 aliphatic carbocycles. The van der Waals surface area contributed by atoms with E-state index in [0.29, 0.717) is 0 Å². The Bertz CT molecular complexity index is 689. The van der Waals surface area contributed by atoms with Crippen molar-refractivity contribution in [3.63, 3.8) is 0 Å². The van der Waals surface area contributed by atoms with Gasteiger partial charge in [0.25, 0.3) is 0 Å². The fourth-order valence-corrected chi connectivity index (χ4v) is 2.30. The van der Waals surface area contributed by atoms with Crippen molar-refractivity contribution >= 4 is 6.08 Å². The summed E-state index contributed by atoms with van der Waals surface area (Å²) >= 11 is 0. The largest absolute Gasteiger partial charge is 0.0985 e. The second kappa shape index (κ2) is 5.58. The Labute approximate surface area is 120 Å². The fourth-order valence-electron chi connectivity index (χ4n) is 2.30. The third kappa shape index (κ3) is 2.55. The van der Waals surface area contributed by atoms with Gasteiger partial charge in [-0.15, -0.1) is 0 Å². The molecule has 0 spiro atoms. The van der Waals surface area contributed by atoms with Crippen LogP contribution >= 0.6 is 0 Å². The van der Waals surface area contributed by atoms with Crippen LogP contribution in [0, 0.1) is 0 Å². The molecule has 0 heteroatoms. The minimum atomic E-state index is 1.15. The summed E-state index contributed by atoms with van der Waals surface area (Å²) in [7, 11) is 0. The number of hydrogen-bond donors (Lipinski definition) is 0. The molecule has 3 aromatic carbocycles. The average Bonchev–Trinajstić information content (AvgIpc) is 2.56. The molecule has 0 N–H and O–H groups in total. The Morgan fingerprint density at radius 3 is 1.35 bits per heavy atom. The first-order valence-corrected chi connectivity index (χ1v) is 6.75. The van der Waals surface area contributed by atoms with Crippen LogP contribution in [0.5, 0.6) is 0 Å². The third-order valence-corrected chi connectivity index (χ3v) is 3.47. The second-order valence-electron chi connectivity index (χ2n) is 4.77. The van der Waals surface area contributed by atoms with Gasteiger partial charge in [0, 0.05) is 0 Å². The Morgan fingerprint density at radius 2 is 0.900 bits per heavy atom. The summed E-state index contributed by atoms with van der Waals surface area (Å²) in [5, 5.41) is 0. The molecule has 0 amide bonds. The molecule has 3 aromatic rings. The summed E-state index contributed by atoms with van der Waals surface area (Å²) in [4.78, 5) is 0. The first kappa shape index (κ1) is 12.4. The van der Waals surface area contributed by atoms with E-state index in [1.165, 1.54) is 22.3 Å². The molecule has 0 saturated carbocycles. The predicted octanol–water partition coefficient (Wildman–Crippen LogP) is 5.66. The van der Waals surface area contributed by atoms with Crippen molar-refractivity contribution in [2.24, 2.45) is 0 Å². The van der Waals surface area contributed by atoms with E-state index < -0.39 is 0 Å². The van der Waals surface area contributed by atoms with Crippen LogP contribution in [-0.4, -0.2) is 0 Å². The number of rotatable bonds is 3. The van der Waals surface area contributed by atoms with Crippen molar-refractivity contribution in [2.75, 3.05) is 0 Å². The fraction of sp³-hybridized carbons (Fsp3) is 0. The SMILES string of the molecule is C=Cc1ccc(-c2ccc(-c3ccccc3)cc2)cc1. The highest BCUT2D eigenvalue weighted by Gasteiger charge is 1.99. The van der Waals surface area contributed by atoms with E-state index in [4.69, 9.17) is 0 Å². The Morgan fingerprint density at radius 1 is 0.500 bits per heavy atom. The Balaban J connectivity index is 1.91. The van der Waals surface area contributed by atoms with Crippen molar-refractivity contribution in [3.8, 4) is 22.3 Å². The number of hydrogen-bond acceptors (Lipinski definition) is 0. The van der Waals surface area contributed by atoms with Gasteiger partial charge in [-0.1, -0.05) is 91.5 Å². The minimum Gasteiger partial charge on any atom is -0.0985 e. The zero-order chi connectivity index (χ0) is 13.8. The highest BCUT2D eigenvalue weighted by molar-refractivity contribution is 5.71. The van der Waals surface area contributed by atoms with Gasteiger partial charge in [0.1, 0.15) is 0 Å². The maximum Gasteiger partial charge on any atom is -0.0184 e. The van der Waals surface area contributed by atoms with Gasteiger partial charge in [-0.2, -0.15) is 0 Å². The van der Waals surface area contributed by atoms with Gasteiger partial charge >= 0.3 is 0 Å². The summed E-state index contributed by atoms with van der Waals surface area (Å²) in [6, 6.07) is 27.6. The Hall–Kier alpha value is -2.60. The van der Waals surface area contributed by atoms with Crippen LogP contribution in [0.1, 0.15) is 5.56 Å². The Kier molecular flexibility index (Phi) is 3.47. The van der Waals surface area contributed by atoms with E-state index in [9.17, 15) is 0 Å². The quantitative estimate of drug-likeness (QED) is 0.567. The lowest BCUT2D eigenvalue weighted by atomic mass is 10.00. The summed E-state index contributed by atoms with van der Waals surface area (Å²) < 4.78 is 0. The lowest BCUT2D eigenvalue weighted by Gasteiger charge is -2.05. The zero-order valence-electron chi connectivity index (χ0n) is 11.3. The summed E-state index contributed by atoms with van der Waals surface area (Å²) in [6.45, 7) is 3.78. The van der Waals surface area contributed by atoms with Gasteiger partial charge in [0.05, 0.1) is 0 Å². The van der Waals surface area contributed by atoms with E-state index in [0.717, 1.165) is 5.56 Å². The molecule has 0 radical (unpaired) electrons. The van der Waals surface area contributed by atoms with Crippen LogP contribution in [0.15, 0.2) is 85.4 Å². The molecule has 0 aliphatic heterocycles. The van der Waals surface area contributed by atoms with Crippen LogP contribution in [0.25, 0.3) is 28.3 Å². The average molecular weight is 256 g/mol. The smallest absolute Gasteiger partial charge is 0.0184 e. The van der Waals surface area contributed by atoms with Gasteiger partial charge in [-0.05, 0) is 27.8 Å². The standard InChI is InChI=1S/C20H16/c1-2-16-8-10-18(11-9-16)20-14-12-19(13-15-20)17-6-4-3-5-7-17/h2-15H,1H2. The maximum atomic E-state index is 3.78. The van der Waals surface area contributed by atoms with Gasteiger partial charge in [0.2, 0.25) is 0 Å². The summed E-state index contributed by atoms with van der Waals surface area (Å²) in [5.74, 6) is 0. The van der Waals surface area contributed by atoms with E-state index in [2.05, 4.69) is 79.4 Å². The zero-order valence-corrected chi connectivity index (χ0v) is 11.3. The lowest BCUT2D eigenvalue weighted by Crippen LogP contribution is -1.80. The van der Waals surface area contributed by atoms with Crippen molar-refractivity contribution in [3.05, 3.63) is 91.0 Å². The van der Waals surface area contributed by atoms with E-state index in [-0.39, 0.29) is 0 Å². The lowest BCUT2D eigenvalue weighted by molar-refractivity contribution is 1.58.